The molecule has 122 valence electrons. The highest BCUT2D eigenvalue weighted by Crippen LogP contribution is 2.14. The summed E-state index contributed by atoms with van der Waals surface area (Å²) in [6, 6.07) is 6.97. The van der Waals surface area contributed by atoms with E-state index in [0.29, 0.717) is 29.6 Å². The van der Waals surface area contributed by atoms with Crippen molar-refractivity contribution in [3.05, 3.63) is 34.9 Å². The minimum atomic E-state index is -0.188. The van der Waals surface area contributed by atoms with Crippen LogP contribution >= 0.6 is 35.6 Å². The van der Waals surface area contributed by atoms with Crippen LogP contribution in [-0.4, -0.2) is 42.9 Å². The molecule has 0 bridgehead atoms. The number of halogens is 2. The molecular formula is C15H22ClIN4O. The first-order valence-corrected chi connectivity index (χ1v) is 7.64. The first kappa shape index (κ1) is 19.0. The summed E-state index contributed by atoms with van der Waals surface area (Å²) in [5, 5.41) is 3.24. The number of carbonyl (C=O) groups is 1. The Balaban J connectivity index is 0.00000242. The fourth-order valence-electron chi connectivity index (χ4n) is 2.30. The Hall–Kier alpha value is -1.02. The fourth-order valence-corrected chi connectivity index (χ4v) is 2.53. The molecule has 1 aromatic carbocycles. The predicted molar refractivity (Wildman–Crippen MR) is 101 cm³/mol. The molecule has 0 radical (unpaired) electrons. The van der Waals surface area contributed by atoms with Crippen molar-refractivity contribution in [2.75, 3.05) is 26.2 Å². The first-order chi connectivity index (χ1) is 10.2. The molecule has 5 nitrogen and oxygen atoms in total. The highest BCUT2D eigenvalue weighted by molar-refractivity contribution is 14.0. The van der Waals surface area contributed by atoms with E-state index in [1.165, 1.54) is 19.3 Å². The number of guanidine groups is 1. The third-order valence-corrected chi connectivity index (χ3v) is 3.80. The van der Waals surface area contributed by atoms with Crippen LogP contribution in [0.4, 0.5) is 0 Å². The highest BCUT2D eigenvalue weighted by Gasteiger charge is 2.12. The molecule has 1 aliphatic rings. The number of nitrogens with zero attached hydrogens (tertiary/aromatic N) is 2. The van der Waals surface area contributed by atoms with Crippen LogP contribution in [0.15, 0.2) is 29.3 Å². The molecule has 0 spiro atoms. The van der Waals surface area contributed by atoms with Gasteiger partial charge in [0.2, 0.25) is 0 Å². The summed E-state index contributed by atoms with van der Waals surface area (Å²) in [5.41, 5.74) is 6.42. The van der Waals surface area contributed by atoms with Crippen LogP contribution in [0.1, 0.15) is 29.6 Å². The Labute approximate surface area is 153 Å². The van der Waals surface area contributed by atoms with E-state index < -0.39 is 0 Å². The molecule has 0 aliphatic carbocycles. The number of nitrogens with two attached hydrogens (primary N) is 1. The maximum atomic E-state index is 11.9. The van der Waals surface area contributed by atoms with Crippen molar-refractivity contribution in [2.24, 2.45) is 10.7 Å². The second-order valence-electron chi connectivity index (χ2n) is 5.02. The summed E-state index contributed by atoms with van der Waals surface area (Å²) in [6.45, 7) is 2.86. The van der Waals surface area contributed by atoms with Gasteiger partial charge in [0.1, 0.15) is 0 Å². The molecule has 22 heavy (non-hydrogen) atoms. The summed E-state index contributed by atoms with van der Waals surface area (Å²) < 4.78 is 0. The summed E-state index contributed by atoms with van der Waals surface area (Å²) in [6.07, 6.45) is 3.59. The number of hydrogen-bond donors (Lipinski definition) is 2. The second kappa shape index (κ2) is 9.89. The Morgan fingerprint density at radius 3 is 2.64 bits per heavy atom. The van der Waals surface area contributed by atoms with Crippen molar-refractivity contribution in [2.45, 2.75) is 19.3 Å². The van der Waals surface area contributed by atoms with E-state index in [1.54, 1.807) is 24.3 Å². The fraction of sp³-hybridized carbons (Fsp3) is 0.467. The summed E-state index contributed by atoms with van der Waals surface area (Å²) in [4.78, 5) is 18.3. The van der Waals surface area contributed by atoms with E-state index >= 15 is 0 Å². The van der Waals surface area contributed by atoms with Gasteiger partial charge in [-0.1, -0.05) is 23.7 Å². The quantitative estimate of drug-likeness (QED) is 0.330. The smallest absolute Gasteiger partial charge is 0.252 e. The lowest BCUT2D eigenvalue weighted by molar-refractivity contribution is 0.0955. The molecule has 1 aromatic rings. The molecule has 1 heterocycles. The number of aliphatic imine (C=N–C) groups is 1. The van der Waals surface area contributed by atoms with Gasteiger partial charge in [-0.25, -0.2) is 0 Å². The maximum absolute atomic E-state index is 11.9. The zero-order valence-electron chi connectivity index (χ0n) is 12.4. The van der Waals surface area contributed by atoms with Gasteiger partial charge in [-0.2, -0.15) is 0 Å². The third-order valence-electron chi connectivity index (χ3n) is 3.47. The Morgan fingerprint density at radius 1 is 1.27 bits per heavy atom. The predicted octanol–water partition coefficient (Wildman–Crippen LogP) is 2.49. The summed E-state index contributed by atoms with van der Waals surface area (Å²) in [5.74, 6) is 0.383. The van der Waals surface area contributed by atoms with Crippen molar-refractivity contribution >= 4 is 47.4 Å². The average Bonchev–Trinajstić information content (AvgIpc) is 2.52. The topological polar surface area (TPSA) is 70.7 Å². The number of hydrogen-bond acceptors (Lipinski definition) is 2. The number of benzene rings is 1. The number of carbonyl (C=O) groups excluding carboxylic acids is 1. The molecule has 1 amide bonds. The second-order valence-corrected chi connectivity index (χ2v) is 5.43. The monoisotopic (exact) mass is 436 g/mol. The van der Waals surface area contributed by atoms with E-state index in [-0.39, 0.29) is 29.9 Å². The van der Waals surface area contributed by atoms with Crippen molar-refractivity contribution in [3.63, 3.8) is 0 Å². The van der Waals surface area contributed by atoms with Gasteiger partial charge in [0.25, 0.3) is 5.91 Å². The Morgan fingerprint density at radius 2 is 1.95 bits per heavy atom. The van der Waals surface area contributed by atoms with Crippen molar-refractivity contribution in [3.8, 4) is 0 Å². The van der Waals surface area contributed by atoms with Crippen LogP contribution in [-0.2, 0) is 0 Å². The van der Waals surface area contributed by atoms with Gasteiger partial charge in [-0.15, -0.1) is 24.0 Å². The SMILES string of the molecule is I.NC(=NCCNC(=O)c1ccccc1Cl)N1CCCCC1. The molecule has 3 N–H and O–H groups in total. The Kier molecular flexibility index (Phi) is 8.55. The van der Waals surface area contributed by atoms with Crippen LogP contribution in [0.5, 0.6) is 0 Å². The maximum Gasteiger partial charge on any atom is 0.252 e. The van der Waals surface area contributed by atoms with Gasteiger partial charge < -0.3 is 16.0 Å². The number of likely N-dealkylation sites (tertiary alicyclic amines) is 1. The Bertz CT molecular complexity index is 518. The molecule has 7 heteroatoms. The molecule has 0 atom stereocenters. The van der Waals surface area contributed by atoms with E-state index in [2.05, 4.69) is 15.2 Å². The molecule has 1 saturated heterocycles. The first-order valence-electron chi connectivity index (χ1n) is 7.26. The van der Waals surface area contributed by atoms with E-state index in [0.717, 1.165) is 13.1 Å². The zero-order chi connectivity index (χ0) is 15.1. The van der Waals surface area contributed by atoms with Gasteiger partial charge >= 0.3 is 0 Å². The standard InChI is InChI=1S/C15H21ClN4O.HI/c16-13-7-3-2-6-12(13)14(21)18-8-9-19-15(17)20-10-4-1-5-11-20;/h2-3,6-7H,1,4-5,8-11H2,(H2,17,19)(H,18,21);1H. The highest BCUT2D eigenvalue weighted by atomic mass is 127. The molecule has 1 aliphatic heterocycles. The molecule has 2 rings (SSSR count). The van der Waals surface area contributed by atoms with Crippen molar-refractivity contribution in [1.82, 2.24) is 10.2 Å². The van der Waals surface area contributed by atoms with Crippen molar-refractivity contribution in [1.29, 1.82) is 0 Å². The van der Waals surface area contributed by atoms with E-state index in [1.807, 2.05) is 0 Å². The molecule has 0 aromatic heterocycles. The number of piperidine rings is 1. The molecule has 1 fully saturated rings. The normalized spacial score (nSPS) is 15.1. The minimum absolute atomic E-state index is 0. The number of rotatable bonds is 4. The largest absolute Gasteiger partial charge is 0.370 e. The lowest BCUT2D eigenvalue weighted by atomic mass is 10.1. The molecular weight excluding hydrogens is 415 g/mol. The zero-order valence-corrected chi connectivity index (χ0v) is 15.5. The number of amides is 1. The van der Waals surface area contributed by atoms with Crippen LogP contribution in [0.3, 0.4) is 0 Å². The van der Waals surface area contributed by atoms with Crippen molar-refractivity contribution < 1.29 is 4.79 Å². The molecule has 0 unspecified atom stereocenters. The average molecular weight is 437 g/mol. The van der Waals surface area contributed by atoms with Crippen LogP contribution < -0.4 is 11.1 Å². The number of nitrogens with one attached hydrogen (secondary N) is 1. The van der Waals surface area contributed by atoms with Crippen LogP contribution in [0.2, 0.25) is 5.02 Å². The van der Waals surface area contributed by atoms with Gasteiger partial charge in [0, 0.05) is 19.6 Å². The lowest BCUT2D eigenvalue weighted by Gasteiger charge is -2.27. The van der Waals surface area contributed by atoms with E-state index in [4.69, 9.17) is 17.3 Å². The van der Waals surface area contributed by atoms with Gasteiger partial charge in [-0.05, 0) is 31.4 Å². The van der Waals surface area contributed by atoms with Crippen LogP contribution in [0.25, 0.3) is 0 Å². The lowest BCUT2D eigenvalue weighted by Crippen LogP contribution is -2.41. The third kappa shape index (κ3) is 5.64. The van der Waals surface area contributed by atoms with E-state index in [9.17, 15) is 4.79 Å². The molecule has 0 saturated carbocycles. The van der Waals surface area contributed by atoms with Gasteiger partial charge in [0.15, 0.2) is 5.96 Å². The van der Waals surface area contributed by atoms with Gasteiger partial charge in [-0.3, -0.25) is 9.79 Å². The van der Waals surface area contributed by atoms with Crippen LogP contribution in [0, 0.1) is 0 Å². The summed E-state index contributed by atoms with van der Waals surface area (Å²) >= 11 is 5.97. The van der Waals surface area contributed by atoms with Gasteiger partial charge in [0.05, 0.1) is 17.1 Å². The minimum Gasteiger partial charge on any atom is -0.370 e. The summed E-state index contributed by atoms with van der Waals surface area (Å²) in [7, 11) is 0.